The zero-order valence-corrected chi connectivity index (χ0v) is 25.7. The molecule has 0 spiro atoms. The maximum absolute atomic E-state index is 13.1. The fourth-order valence-corrected chi connectivity index (χ4v) is 6.82. The van der Waals surface area contributed by atoms with Crippen LogP contribution in [0.5, 0.6) is 5.88 Å². The van der Waals surface area contributed by atoms with E-state index in [0.29, 0.717) is 42.8 Å². The topological polar surface area (TPSA) is 132 Å². The smallest absolute Gasteiger partial charge is 0.261 e. The number of carbonyl (C=O) groups excluding carboxylic acids is 2. The van der Waals surface area contributed by atoms with Gasteiger partial charge in [-0.15, -0.1) is 11.3 Å². The van der Waals surface area contributed by atoms with E-state index in [2.05, 4.69) is 52.4 Å². The third-order valence-corrected chi connectivity index (χ3v) is 9.39. The predicted octanol–water partition coefficient (Wildman–Crippen LogP) is 3.30. The van der Waals surface area contributed by atoms with Gasteiger partial charge in [0.2, 0.25) is 11.8 Å². The Balaban J connectivity index is 0.885. The quantitative estimate of drug-likeness (QED) is 0.267. The van der Waals surface area contributed by atoms with Gasteiger partial charge in [0.25, 0.3) is 5.91 Å². The molecule has 5 aromatic rings. The summed E-state index contributed by atoms with van der Waals surface area (Å²) in [6.07, 6.45) is 6.00. The summed E-state index contributed by atoms with van der Waals surface area (Å²) in [6, 6.07) is 15.6. The molecule has 2 fully saturated rings. The van der Waals surface area contributed by atoms with Crippen LogP contribution in [0, 0.1) is 0 Å². The molecule has 2 saturated heterocycles. The normalized spacial score (nSPS) is 17.1. The molecule has 45 heavy (non-hydrogen) atoms. The molecule has 0 saturated carbocycles. The van der Waals surface area contributed by atoms with E-state index >= 15 is 0 Å². The van der Waals surface area contributed by atoms with Crippen LogP contribution in [0.15, 0.2) is 67.1 Å². The number of piperazine rings is 1. The lowest BCUT2D eigenvalue weighted by molar-refractivity contribution is -0.132. The van der Waals surface area contributed by atoms with Gasteiger partial charge in [-0.1, -0.05) is 0 Å². The van der Waals surface area contributed by atoms with E-state index in [9.17, 15) is 9.59 Å². The van der Waals surface area contributed by atoms with Crippen LogP contribution in [0.3, 0.4) is 0 Å². The van der Waals surface area contributed by atoms with E-state index in [4.69, 9.17) is 4.74 Å². The number of thiophene rings is 1. The fourth-order valence-electron chi connectivity index (χ4n) is 5.92. The number of benzene rings is 1. The number of carbonyl (C=O) groups is 2. The third-order valence-electron chi connectivity index (χ3n) is 8.35. The summed E-state index contributed by atoms with van der Waals surface area (Å²) in [5.74, 6) is 1.27. The first-order valence-corrected chi connectivity index (χ1v) is 15.8. The number of anilines is 1. The molecular weight excluding hydrogens is 590 g/mol. The molecule has 1 atom stereocenters. The number of hydrogen-bond acceptors (Lipinski definition) is 10. The number of likely N-dealkylation sites (tertiary alicyclic amines) is 1. The lowest BCUT2D eigenvalue weighted by Crippen LogP contribution is -2.51. The SMILES string of the molecule is COc1ccc(-c2n[nH]c3sc(C(=O)N[C@H]4CCN(CC(=O)N5CCN(c6ccc(-c7ncccn7)cc6)CC5)C4)cc23)cn1. The Bertz CT molecular complexity index is 1780. The van der Waals surface area contributed by atoms with E-state index in [1.807, 2.05) is 35.2 Å². The molecule has 2 N–H and O–H groups in total. The summed E-state index contributed by atoms with van der Waals surface area (Å²) in [5.41, 5.74) is 3.71. The van der Waals surface area contributed by atoms with Crippen molar-refractivity contribution in [1.29, 1.82) is 0 Å². The van der Waals surface area contributed by atoms with Crippen LogP contribution in [0.2, 0.25) is 0 Å². The van der Waals surface area contributed by atoms with Crippen molar-refractivity contribution >= 4 is 39.1 Å². The zero-order valence-electron chi connectivity index (χ0n) is 24.8. The summed E-state index contributed by atoms with van der Waals surface area (Å²) >= 11 is 1.38. The Kier molecular flexibility index (Phi) is 8.09. The number of hydrogen-bond donors (Lipinski definition) is 2. The highest BCUT2D eigenvalue weighted by Gasteiger charge is 2.29. The van der Waals surface area contributed by atoms with E-state index < -0.39 is 0 Å². The van der Waals surface area contributed by atoms with Crippen LogP contribution >= 0.6 is 11.3 Å². The van der Waals surface area contributed by atoms with Crippen molar-refractivity contribution in [2.24, 2.45) is 0 Å². The van der Waals surface area contributed by atoms with Crippen LogP contribution in [-0.4, -0.2) is 106 Å². The van der Waals surface area contributed by atoms with Crippen LogP contribution in [0.4, 0.5) is 5.69 Å². The summed E-state index contributed by atoms with van der Waals surface area (Å²) in [6.45, 7) is 4.74. The van der Waals surface area contributed by atoms with E-state index in [1.165, 1.54) is 11.3 Å². The standard InChI is InChI=1S/C32H33N9O3S/c1-44-27-8-5-22(18-35-27)29-25-17-26(45-32(25)38-37-29)31(43)36-23-9-12-39(19-23)20-28(42)41-15-13-40(14-16-41)24-6-3-21(4-7-24)30-33-10-2-11-34-30/h2-8,10-11,17-18,23H,9,12-16,19-20H2,1H3,(H,36,43)(H,37,38)/t23-/m0/s1. The maximum Gasteiger partial charge on any atom is 0.261 e. The molecule has 13 heteroatoms. The molecular formula is C32H33N9O3S. The Morgan fingerprint density at radius 2 is 1.78 bits per heavy atom. The van der Waals surface area contributed by atoms with Crippen LogP contribution in [0.1, 0.15) is 16.1 Å². The van der Waals surface area contributed by atoms with Gasteiger partial charge in [-0.2, -0.15) is 5.10 Å². The first-order valence-electron chi connectivity index (χ1n) is 15.0. The molecule has 2 aliphatic heterocycles. The van der Waals surface area contributed by atoms with Crippen molar-refractivity contribution in [3.8, 4) is 28.5 Å². The summed E-state index contributed by atoms with van der Waals surface area (Å²) < 4.78 is 5.15. The first kappa shape index (κ1) is 28.9. The van der Waals surface area contributed by atoms with E-state index in [1.54, 1.807) is 31.8 Å². The predicted molar refractivity (Wildman–Crippen MR) is 172 cm³/mol. The molecule has 0 radical (unpaired) electrons. The van der Waals surface area contributed by atoms with Gasteiger partial charge in [0.1, 0.15) is 10.5 Å². The van der Waals surface area contributed by atoms with Crippen molar-refractivity contribution < 1.29 is 14.3 Å². The molecule has 0 unspecified atom stereocenters. The fraction of sp³-hybridized carbons (Fsp3) is 0.312. The Labute approximate surface area is 264 Å². The van der Waals surface area contributed by atoms with Crippen molar-refractivity contribution in [1.82, 2.24) is 40.3 Å². The number of rotatable bonds is 8. The van der Waals surface area contributed by atoms with Gasteiger partial charge in [0, 0.05) is 92.2 Å². The molecule has 1 aromatic carbocycles. The van der Waals surface area contributed by atoms with Crippen molar-refractivity contribution in [3.05, 3.63) is 72.0 Å². The second-order valence-corrected chi connectivity index (χ2v) is 12.2. The largest absolute Gasteiger partial charge is 0.481 e. The first-order chi connectivity index (χ1) is 22.0. The molecule has 12 nitrogen and oxygen atoms in total. The minimum absolute atomic E-state index is 0.00442. The van der Waals surface area contributed by atoms with Crippen molar-refractivity contribution in [3.63, 3.8) is 0 Å². The minimum atomic E-state index is -0.109. The molecule has 4 aromatic heterocycles. The van der Waals surface area contributed by atoms with Crippen LogP contribution in [0.25, 0.3) is 32.9 Å². The zero-order chi connectivity index (χ0) is 30.8. The average molecular weight is 624 g/mol. The number of nitrogens with one attached hydrogen (secondary N) is 2. The summed E-state index contributed by atoms with van der Waals surface area (Å²) in [7, 11) is 1.58. The molecule has 6 heterocycles. The van der Waals surface area contributed by atoms with Crippen molar-refractivity contribution in [2.75, 3.05) is 57.8 Å². The van der Waals surface area contributed by atoms with Gasteiger partial charge in [0.15, 0.2) is 5.82 Å². The number of fused-ring (bicyclic) bond motifs is 1. The summed E-state index contributed by atoms with van der Waals surface area (Å²) in [5, 5.41) is 11.5. The molecule has 2 amide bonds. The molecule has 0 aliphatic carbocycles. The highest BCUT2D eigenvalue weighted by Crippen LogP contribution is 2.32. The van der Waals surface area contributed by atoms with E-state index in [-0.39, 0.29) is 17.9 Å². The monoisotopic (exact) mass is 623 g/mol. The number of methoxy groups -OCH3 is 1. The van der Waals surface area contributed by atoms with Gasteiger partial charge in [0.05, 0.1) is 18.5 Å². The Morgan fingerprint density at radius 3 is 2.51 bits per heavy atom. The van der Waals surface area contributed by atoms with Crippen LogP contribution in [-0.2, 0) is 4.79 Å². The highest BCUT2D eigenvalue weighted by molar-refractivity contribution is 7.20. The maximum atomic E-state index is 13.1. The number of H-pyrrole nitrogens is 1. The Morgan fingerprint density at radius 1 is 1.00 bits per heavy atom. The number of pyridine rings is 1. The second kappa shape index (κ2) is 12.6. The lowest BCUT2D eigenvalue weighted by Gasteiger charge is -2.36. The summed E-state index contributed by atoms with van der Waals surface area (Å²) in [4.78, 5) is 47.0. The van der Waals surface area contributed by atoms with Crippen molar-refractivity contribution in [2.45, 2.75) is 12.5 Å². The van der Waals surface area contributed by atoms with E-state index in [0.717, 1.165) is 58.8 Å². The third kappa shape index (κ3) is 6.22. The number of aromatic nitrogens is 5. The average Bonchev–Trinajstić information content (AvgIpc) is 3.82. The molecule has 7 rings (SSSR count). The van der Waals surface area contributed by atoms with Gasteiger partial charge >= 0.3 is 0 Å². The van der Waals surface area contributed by atoms with Crippen LogP contribution < -0.4 is 15.0 Å². The molecule has 0 bridgehead atoms. The second-order valence-electron chi connectivity index (χ2n) is 11.2. The number of amides is 2. The van der Waals surface area contributed by atoms with Gasteiger partial charge in [-0.25, -0.2) is 15.0 Å². The minimum Gasteiger partial charge on any atom is -0.481 e. The Hall–Kier alpha value is -4.88. The number of aromatic amines is 1. The van der Waals surface area contributed by atoms with Gasteiger partial charge in [-0.05, 0) is 48.9 Å². The highest BCUT2D eigenvalue weighted by atomic mass is 32.1. The number of nitrogens with zero attached hydrogens (tertiary/aromatic N) is 7. The number of ether oxygens (including phenoxy) is 1. The molecule has 2 aliphatic rings. The van der Waals surface area contributed by atoms with Gasteiger partial charge < -0.3 is 19.9 Å². The van der Waals surface area contributed by atoms with Gasteiger partial charge in [-0.3, -0.25) is 19.6 Å². The molecule has 230 valence electrons. The lowest BCUT2D eigenvalue weighted by atomic mass is 10.1.